The Morgan fingerprint density at radius 1 is 1.29 bits per heavy atom. The Morgan fingerprint density at radius 2 is 1.88 bits per heavy atom. The maximum Gasteiger partial charge on any atom is 0.130 e. The minimum Gasteiger partial charge on any atom is -0.328 e. The Morgan fingerprint density at radius 3 is 2.29 bits per heavy atom. The van der Waals surface area contributed by atoms with Gasteiger partial charge in [-0.3, -0.25) is 0 Å². The largest absolute Gasteiger partial charge is 0.328 e. The van der Waals surface area contributed by atoms with Crippen molar-refractivity contribution in [3.05, 3.63) is 35.4 Å². The van der Waals surface area contributed by atoms with Crippen molar-refractivity contribution in [1.82, 2.24) is 0 Å². The Hall–Kier alpha value is -0.890. The van der Waals surface area contributed by atoms with E-state index in [1.807, 2.05) is 12.1 Å². The van der Waals surface area contributed by atoms with Crippen LogP contribution in [0.1, 0.15) is 43.7 Å². The first-order valence-corrected chi connectivity index (χ1v) is 6.53. The van der Waals surface area contributed by atoms with Crippen LogP contribution in [0.4, 0.5) is 4.39 Å². The van der Waals surface area contributed by atoms with Crippen LogP contribution >= 0.6 is 0 Å². The van der Waals surface area contributed by atoms with Gasteiger partial charge in [-0.25, -0.2) is 4.39 Å². The van der Waals surface area contributed by atoms with Gasteiger partial charge in [0.15, 0.2) is 0 Å². The molecular formula is C15H22FN. The van der Waals surface area contributed by atoms with E-state index in [1.165, 1.54) is 5.56 Å². The third-order valence-corrected chi connectivity index (χ3v) is 3.79. The first kappa shape index (κ1) is 12.6. The van der Waals surface area contributed by atoms with Gasteiger partial charge >= 0.3 is 0 Å². The van der Waals surface area contributed by atoms with Crippen molar-refractivity contribution >= 4 is 0 Å². The smallest absolute Gasteiger partial charge is 0.130 e. The van der Waals surface area contributed by atoms with Gasteiger partial charge in [-0.2, -0.15) is 0 Å². The van der Waals surface area contributed by atoms with Gasteiger partial charge in [-0.15, -0.1) is 0 Å². The zero-order valence-electron chi connectivity index (χ0n) is 10.7. The second-order valence-electron chi connectivity index (χ2n) is 5.59. The van der Waals surface area contributed by atoms with E-state index in [4.69, 9.17) is 5.73 Å². The molecule has 1 aliphatic rings. The molecule has 0 aliphatic heterocycles. The average Bonchev–Trinajstić information content (AvgIpc) is 3.13. The monoisotopic (exact) mass is 235 g/mol. The number of alkyl halides is 1. The number of benzene rings is 1. The van der Waals surface area contributed by atoms with Crippen LogP contribution in [0.25, 0.3) is 0 Å². The molecule has 1 saturated carbocycles. The number of hydrogen-bond acceptors (Lipinski definition) is 1. The van der Waals surface area contributed by atoms with Crippen LogP contribution in [0, 0.1) is 5.92 Å². The Kier molecular flexibility index (Phi) is 3.53. The molecule has 1 nitrogen and oxygen atoms in total. The lowest BCUT2D eigenvalue weighted by molar-refractivity contribution is 0.142. The number of nitrogens with two attached hydrogens (primary N) is 1. The normalized spacial score (nSPS) is 19.4. The van der Waals surface area contributed by atoms with Gasteiger partial charge in [-0.1, -0.05) is 38.1 Å². The van der Waals surface area contributed by atoms with E-state index in [9.17, 15) is 4.39 Å². The van der Waals surface area contributed by atoms with Crippen molar-refractivity contribution in [2.24, 2.45) is 11.7 Å². The molecule has 0 saturated heterocycles. The first-order chi connectivity index (χ1) is 8.05. The van der Waals surface area contributed by atoms with Crippen molar-refractivity contribution in [1.29, 1.82) is 0 Å². The molecule has 1 fully saturated rings. The zero-order valence-corrected chi connectivity index (χ0v) is 10.7. The van der Waals surface area contributed by atoms with Gasteiger partial charge in [0, 0.05) is 13.0 Å². The van der Waals surface area contributed by atoms with Gasteiger partial charge < -0.3 is 5.73 Å². The summed E-state index contributed by atoms with van der Waals surface area (Å²) in [5.41, 5.74) is 6.78. The molecule has 2 N–H and O–H groups in total. The predicted molar refractivity (Wildman–Crippen MR) is 69.9 cm³/mol. The third kappa shape index (κ3) is 2.86. The van der Waals surface area contributed by atoms with Gasteiger partial charge in [0.1, 0.15) is 5.67 Å². The third-order valence-electron chi connectivity index (χ3n) is 3.79. The standard InChI is InChI=1S/C15H22FN/c1-11(2)13-5-3-12(4-6-13)9-15(16,10-17)14-7-8-14/h3-6,11,14H,7-10,17H2,1-2H3. The minimum absolute atomic E-state index is 0.142. The van der Waals surface area contributed by atoms with E-state index in [0.29, 0.717) is 12.3 Å². The van der Waals surface area contributed by atoms with E-state index in [0.717, 1.165) is 18.4 Å². The van der Waals surface area contributed by atoms with Crippen LogP contribution < -0.4 is 5.73 Å². The number of halogens is 1. The average molecular weight is 235 g/mol. The van der Waals surface area contributed by atoms with Gasteiger partial charge in [0.25, 0.3) is 0 Å². The molecule has 2 rings (SSSR count). The molecule has 0 bridgehead atoms. The van der Waals surface area contributed by atoms with E-state index in [-0.39, 0.29) is 12.5 Å². The van der Waals surface area contributed by atoms with Crippen molar-refractivity contribution < 1.29 is 4.39 Å². The topological polar surface area (TPSA) is 26.0 Å². The van der Waals surface area contributed by atoms with Crippen LogP contribution in [-0.4, -0.2) is 12.2 Å². The lowest BCUT2D eigenvalue weighted by Gasteiger charge is -2.23. The molecule has 1 aliphatic carbocycles. The molecule has 1 unspecified atom stereocenters. The van der Waals surface area contributed by atoms with Gasteiger partial charge in [-0.05, 0) is 35.8 Å². The Bertz CT molecular complexity index is 367. The maximum absolute atomic E-state index is 14.5. The summed E-state index contributed by atoms with van der Waals surface area (Å²) in [4.78, 5) is 0. The SMILES string of the molecule is CC(C)c1ccc(CC(F)(CN)C2CC2)cc1. The fourth-order valence-corrected chi connectivity index (χ4v) is 2.34. The van der Waals surface area contributed by atoms with Crippen molar-refractivity contribution in [2.75, 3.05) is 6.54 Å². The molecule has 17 heavy (non-hydrogen) atoms. The molecule has 0 aromatic heterocycles. The molecular weight excluding hydrogens is 213 g/mol. The molecule has 0 amide bonds. The fourth-order valence-electron chi connectivity index (χ4n) is 2.34. The summed E-state index contributed by atoms with van der Waals surface area (Å²) in [6, 6.07) is 8.29. The summed E-state index contributed by atoms with van der Waals surface area (Å²) < 4.78 is 14.5. The molecule has 0 radical (unpaired) electrons. The van der Waals surface area contributed by atoms with E-state index in [1.54, 1.807) is 0 Å². The van der Waals surface area contributed by atoms with E-state index in [2.05, 4.69) is 26.0 Å². The molecule has 0 heterocycles. The second-order valence-corrected chi connectivity index (χ2v) is 5.59. The molecule has 94 valence electrons. The highest BCUT2D eigenvalue weighted by atomic mass is 19.1. The zero-order chi connectivity index (χ0) is 12.5. The van der Waals surface area contributed by atoms with Crippen molar-refractivity contribution in [3.8, 4) is 0 Å². The molecule has 1 aromatic carbocycles. The lowest BCUT2D eigenvalue weighted by Crippen LogP contribution is -2.37. The maximum atomic E-state index is 14.5. The highest BCUT2D eigenvalue weighted by Crippen LogP contribution is 2.43. The lowest BCUT2D eigenvalue weighted by atomic mass is 9.90. The van der Waals surface area contributed by atoms with E-state index >= 15 is 0 Å². The van der Waals surface area contributed by atoms with Crippen LogP contribution in [-0.2, 0) is 6.42 Å². The van der Waals surface area contributed by atoms with Crippen molar-refractivity contribution in [3.63, 3.8) is 0 Å². The van der Waals surface area contributed by atoms with Crippen molar-refractivity contribution in [2.45, 2.75) is 44.7 Å². The van der Waals surface area contributed by atoms with Gasteiger partial charge in [0.05, 0.1) is 0 Å². The quantitative estimate of drug-likeness (QED) is 0.831. The minimum atomic E-state index is -1.18. The molecule has 1 atom stereocenters. The van der Waals surface area contributed by atoms with Crippen LogP contribution in [0.3, 0.4) is 0 Å². The predicted octanol–water partition coefficient (Wildman–Crippen LogP) is 3.43. The summed E-state index contributed by atoms with van der Waals surface area (Å²) >= 11 is 0. The van der Waals surface area contributed by atoms with Crippen LogP contribution in [0.15, 0.2) is 24.3 Å². The Balaban J connectivity index is 2.07. The van der Waals surface area contributed by atoms with Gasteiger partial charge in [0.2, 0.25) is 0 Å². The molecule has 0 spiro atoms. The summed E-state index contributed by atoms with van der Waals surface area (Å²) in [5.74, 6) is 0.717. The highest BCUT2D eigenvalue weighted by molar-refractivity contribution is 5.26. The summed E-state index contributed by atoms with van der Waals surface area (Å²) in [5, 5.41) is 0. The molecule has 2 heteroatoms. The summed E-state index contributed by atoms with van der Waals surface area (Å²) in [6.07, 6.45) is 2.46. The van der Waals surface area contributed by atoms with Crippen LogP contribution in [0.5, 0.6) is 0 Å². The van der Waals surface area contributed by atoms with Crippen LogP contribution in [0.2, 0.25) is 0 Å². The van der Waals surface area contributed by atoms with E-state index < -0.39 is 5.67 Å². The second kappa shape index (κ2) is 4.77. The first-order valence-electron chi connectivity index (χ1n) is 6.53. The Labute approximate surface area is 103 Å². The number of hydrogen-bond donors (Lipinski definition) is 1. The summed E-state index contributed by atoms with van der Waals surface area (Å²) in [6.45, 7) is 4.47. The fraction of sp³-hybridized carbons (Fsp3) is 0.600. The number of rotatable bonds is 5. The molecule has 1 aromatic rings. The highest BCUT2D eigenvalue weighted by Gasteiger charge is 2.44. The summed E-state index contributed by atoms with van der Waals surface area (Å²) in [7, 11) is 0.